The predicted molar refractivity (Wildman–Crippen MR) is 77.8 cm³/mol. The molecule has 1 aromatic carbocycles. The van der Waals surface area contributed by atoms with Crippen LogP contribution in [-0.4, -0.2) is 5.91 Å². The van der Waals surface area contributed by atoms with Crippen LogP contribution >= 0.6 is 22.9 Å². The smallest absolute Gasteiger partial charge is 0.265 e. The Labute approximate surface area is 116 Å². The van der Waals surface area contributed by atoms with E-state index in [0.717, 1.165) is 11.3 Å². The van der Waals surface area contributed by atoms with Gasteiger partial charge in [0.05, 0.1) is 15.6 Å². The SMILES string of the molecule is CCc1cc(C(=O)Nc2ccccc2Cl)sc1C. The molecule has 0 saturated carbocycles. The number of hydrogen-bond acceptors (Lipinski definition) is 2. The molecular formula is C14H14ClNOS. The number of carbonyl (C=O) groups is 1. The van der Waals surface area contributed by atoms with Crippen molar-refractivity contribution in [2.24, 2.45) is 0 Å². The Morgan fingerprint density at radius 3 is 2.72 bits per heavy atom. The van der Waals surface area contributed by atoms with Gasteiger partial charge in [0.1, 0.15) is 0 Å². The van der Waals surface area contributed by atoms with Crippen LogP contribution in [-0.2, 0) is 6.42 Å². The first-order valence-corrected chi connectivity index (χ1v) is 6.96. The molecule has 1 aromatic heterocycles. The van der Waals surface area contributed by atoms with E-state index in [1.165, 1.54) is 21.8 Å². The monoisotopic (exact) mass is 279 g/mol. The Hall–Kier alpha value is -1.32. The van der Waals surface area contributed by atoms with Crippen molar-refractivity contribution < 1.29 is 4.79 Å². The van der Waals surface area contributed by atoms with Gasteiger partial charge in [0.15, 0.2) is 0 Å². The van der Waals surface area contributed by atoms with E-state index in [2.05, 4.69) is 12.2 Å². The molecule has 0 fully saturated rings. The molecule has 0 atom stereocenters. The predicted octanol–water partition coefficient (Wildman–Crippen LogP) is 4.52. The van der Waals surface area contributed by atoms with Crippen LogP contribution in [0.25, 0.3) is 0 Å². The number of nitrogens with one attached hydrogen (secondary N) is 1. The Balaban J connectivity index is 2.19. The number of thiophene rings is 1. The number of carbonyl (C=O) groups excluding carboxylic acids is 1. The van der Waals surface area contributed by atoms with Gasteiger partial charge >= 0.3 is 0 Å². The molecular weight excluding hydrogens is 266 g/mol. The summed E-state index contributed by atoms with van der Waals surface area (Å²) in [5, 5.41) is 3.38. The van der Waals surface area contributed by atoms with E-state index in [-0.39, 0.29) is 5.91 Å². The lowest BCUT2D eigenvalue weighted by Gasteiger charge is -2.04. The maximum Gasteiger partial charge on any atom is 0.265 e. The second-order valence-electron chi connectivity index (χ2n) is 3.98. The Morgan fingerprint density at radius 2 is 2.11 bits per heavy atom. The minimum Gasteiger partial charge on any atom is -0.320 e. The van der Waals surface area contributed by atoms with E-state index in [1.54, 1.807) is 12.1 Å². The fraction of sp³-hybridized carbons (Fsp3) is 0.214. The van der Waals surface area contributed by atoms with E-state index in [0.29, 0.717) is 10.7 Å². The molecule has 0 aliphatic carbocycles. The molecule has 0 aliphatic rings. The number of amides is 1. The third-order valence-electron chi connectivity index (χ3n) is 2.75. The summed E-state index contributed by atoms with van der Waals surface area (Å²) >= 11 is 7.53. The molecule has 0 unspecified atom stereocenters. The van der Waals surface area contributed by atoms with Crippen LogP contribution in [0.15, 0.2) is 30.3 Å². The number of anilines is 1. The minimum absolute atomic E-state index is 0.101. The van der Waals surface area contributed by atoms with Crippen molar-refractivity contribution in [2.45, 2.75) is 20.3 Å². The van der Waals surface area contributed by atoms with Gasteiger partial charge in [-0.15, -0.1) is 11.3 Å². The van der Waals surface area contributed by atoms with Crippen LogP contribution in [0.1, 0.15) is 27.0 Å². The largest absolute Gasteiger partial charge is 0.320 e. The van der Waals surface area contributed by atoms with E-state index in [4.69, 9.17) is 11.6 Å². The van der Waals surface area contributed by atoms with Gasteiger partial charge in [0, 0.05) is 4.88 Å². The second-order valence-corrected chi connectivity index (χ2v) is 5.64. The number of hydrogen-bond donors (Lipinski definition) is 1. The molecule has 0 radical (unpaired) electrons. The summed E-state index contributed by atoms with van der Waals surface area (Å²) in [6, 6.07) is 9.18. The van der Waals surface area contributed by atoms with Crippen LogP contribution < -0.4 is 5.32 Å². The normalized spacial score (nSPS) is 10.4. The van der Waals surface area contributed by atoms with Crippen molar-refractivity contribution in [1.82, 2.24) is 0 Å². The highest BCUT2D eigenvalue weighted by Crippen LogP contribution is 2.25. The average Bonchev–Trinajstić information content (AvgIpc) is 2.73. The Kier molecular flexibility index (Phi) is 4.04. The molecule has 0 saturated heterocycles. The molecule has 1 heterocycles. The highest BCUT2D eigenvalue weighted by atomic mass is 35.5. The van der Waals surface area contributed by atoms with Gasteiger partial charge in [-0.1, -0.05) is 30.7 Å². The van der Waals surface area contributed by atoms with Crippen LogP contribution in [0.5, 0.6) is 0 Å². The third kappa shape index (κ3) is 2.74. The summed E-state index contributed by atoms with van der Waals surface area (Å²) < 4.78 is 0. The highest BCUT2D eigenvalue weighted by Gasteiger charge is 2.12. The van der Waals surface area contributed by atoms with E-state index < -0.39 is 0 Å². The molecule has 0 aliphatic heterocycles. The van der Waals surface area contributed by atoms with E-state index in [9.17, 15) is 4.79 Å². The van der Waals surface area contributed by atoms with Crippen molar-refractivity contribution in [2.75, 3.05) is 5.32 Å². The quantitative estimate of drug-likeness (QED) is 0.879. The lowest BCUT2D eigenvalue weighted by atomic mass is 10.2. The number of aryl methyl sites for hydroxylation is 2. The number of benzene rings is 1. The maximum absolute atomic E-state index is 12.1. The highest BCUT2D eigenvalue weighted by molar-refractivity contribution is 7.14. The van der Waals surface area contributed by atoms with Crippen molar-refractivity contribution >= 4 is 34.5 Å². The fourth-order valence-electron chi connectivity index (χ4n) is 1.73. The van der Waals surface area contributed by atoms with Gasteiger partial charge in [-0.25, -0.2) is 0 Å². The summed E-state index contributed by atoms with van der Waals surface area (Å²) in [6.07, 6.45) is 0.946. The lowest BCUT2D eigenvalue weighted by Crippen LogP contribution is -2.10. The van der Waals surface area contributed by atoms with Crippen LogP contribution in [0, 0.1) is 6.92 Å². The van der Waals surface area contributed by atoms with Gasteiger partial charge in [0.25, 0.3) is 5.91 Å². The van der Waals surface area contributed by atoms with Crippen LogP contribution in [0.3, 0.4) is 0 Å². The Morgan fingerprint density at radius 1 is 1.39 bits per heavy atom. The van der Waals surface area contributed by atoms with Gasteiger partial charge in [0.2, 0.25) is 0 Å². The zero-order valence-corrected chi connectivity index (χ0v) is 11.9. The van der Waals surface area contributed by atoms with Gasteiger partial charge < -0.3 is 5.32 Å². The fourth-order valence-corrected chi connectivity index (χ4v) is 2.92. The maximum atomic E-state index is 12.1. The molecule has 0 bridgehead atoms. The molecule has 94 valence electrons. The first-order valence-electron chi connectivity index (χ1n) is 5.77. The van der Waals surface area contributed by atoms with Crippen molar-refractivity contribution in [1.29, 1.82) is 0 Å². The topological polar surface area (TPSA) is 29.1 Å². The molecule has 2 aromatic rings. The number of halogens is 1. The first-order chi connectivity index (χ1) is 8.61. The zero-order valence-electron chi connectivity index (χ0n) is 10.3. The average molecular weight is 280 g/mol. The molecule has 0 spiro atoms. The summed E-state index contributed by atoms with van der Waals surface area (Å²) in [4.78, 5) is 14.0. The summed E-state index contributed by atoms with van der Waals surface area (Å²) in [7, 11) is 0. The van der Waals surface area contributed by atoms with Gasteiger partial charge in [-0.3, -0.25) is 4.79 Å². The zero-order chi connectivity index (χ0) is 13.1. The van der Waals surface area contributed by atoms with Crippen molar-refractivity contribution in [3.63, 3.8) is 0 Å². The van der Waals surface area contributed by atoms with Crippen LogP contribution in [0.4, 0.5) is 5.69 Å². The molecule has 18 heavy (non-hydrogen) atoms. The van der Waals surface area contributed by atoms with Crippen LogP contribution in [0.2, 0.25) is 5.02 Å². The second kappa shape index (κ2) is 5.55. The number of para-hydroxylation sites is 1. The van der Waals surface area contributed by atoms with Crippen molar-refractivity contribution in [3.8, 4) is 0 Å². The molecule has 2 rings (SSSR count). The van der Waals surface area contributed by atoms with E-state index in [1.807, 2.05) is 25.1 Å². The lowest BCUT2D eigenvalue weighted by molar-refractivity contribution is 0.103. The molecule has 2 nitrogen and oxygen atoms in total. The third-order valence-corrected chi connectivity index (χ3v) is 4.17. The minimum atomic E-state index is -0.101. The molecule has 1 N–H and O–H groups in total. The molecule has 4 heteroatoms. The summed E-state index contributed by atoms with van der Waals surface area (Å²) in [5.74, 6) is -0.101. The van der Waals surface area contributed by atoms with E-state index >= 15 is 0 Å². The van der Waals surface area contributed by atoms with Crippen molar-refractivity contribution in [3.05, 3.63) is 50.7 Å². The first kappa shape index (κ1) is 13.1. The number of rotatable bonds is 3. The Bertz CT molecular complexity index is 577. The standard InChI is InChI=1S/C14H14ClNOS/c1-3-10-8-13(18-9(10)2)14(17)16-12-7-5-4-6-11(12)15/h4-8H,3H2,1-2H3,(H,16,17). The summed E-state index contributed by atoms with van der Waals surface area (Å²) in [6.45, 7) is 4.13. The van der Waals surface area contributed by atoms with Gasteiger partial charge in [-0.05, 0) is 37.1 Å². The summed E-state index contributed by atoms with van der Waals surface area (Å²) in [5.41, 5.74) is 1.87. The van der Waals surface area contributed by atoms with Gasteiger partial charge in [-0.2, -0.15) is 0 Å². The molecule has 1 amide bonds.